The Balaban J connectivity index is 2.28. The monoisotopic (exact) mass is 372 g/mol. The van der Waals surface area contributed by atoms with E-state index in [4.69, 9.17) is 0 Å². The van der Waals surface area contributed by atoms with Crippen molar-refractivity contribution in [2.75, 3.05) is 38.0 Å². The summed E-state index contributed by atoms with van der Waals surface area (Å²) in [5.41, 5.74) is 0. The third kappa shape index (κ3) is 4.57. The van der Waals surface area contributed by atoms with Crippen LogP contribution >= 0.6 is 0 Å². The van der Waals surface area contributed by atoms with E-state index >= 15 is 0 Å². The fraction of sp³-hybridized carbons (Fsp3) is 0.357. The molecule has 0 saturated heterocycles. The molecule has 2 rings (SSSR count). The van der Waals surface area contributed by atoms with E-state index in [1.165, 1.54) is 0 Å². The van der Waals surface area contributed by atoms with Crippen molar-refractivity contribution in [3.63, 3.8) is 0 Å². The van der Waals surface area contributed by atoms with Crippen LogP contribution in [0.2, 0.25) is 0 Å². The summed E-state index contributed by atoms with van der Waals surface area (Å²) in [6.45, 7) is -0.274. The molecule has 0 bridgehead atoms. The Labute approximate surface area is 144 Å². The summed E-state index contributed by atoms with van der Waals surface area (Å²) in [5, 5.41) is 0. The molecule has 0 aliphatic carbocycles. The molecule has 1 N–H and O–H groups in total. The summed E-state index contributed by atoms with van der Waals surface area (Å²) < 4.78 is 53.3. The molecule has 11 heteroatoms. The van der Waals surface area contributed by atoms with Crippen LogP contribution in [0.5, 0.6) is 0 Å². The van der Waals surface area contributed by atoms with E-state index in [0.717, 1.165) is 12.1 Å². The molecular formula is C14H18F2N6O2S. The average molecular weight is 372 g/mol. The standard InChI is InChI=1S/C14H18F2N6O2S/c1-21(2)13-18-12(19-14(20-13)22(3)4)8-17-25(23,24)11-6-5-9(15)7-10(11)16/h5-7,17H,8H2,1-4H3. The van der Waals surface area contributed by atoms with Crippen LogP contribution in [0.15, 0.2) is 23.1 Å². The van der Waals surface area contributed by atoms with Gasteiger partial charge in [0.2, 0.25) is 21.9 Å². The SMILES string of the molecule is CN(C)c1nc(CNS(=O)(=O)c2ccc(F)cc2F)nc(N(C)C)n1. The third-order valence-electron chi connectivity index (χ3n) is 3.06. The summed E-state index contributed by atoms with van der Waals surface area (Å²) in [4.78, 5) is 15.1. The van der Waals surface area contributed by atoms with Crippen LogP contribution in [0.4, 0.5) is 20.7 Å². The zero-order valence-corrected chi connectivity index (χ0v) is 15.0. The molecule has 0 fully saturated rings. The molecule has 1 heterocycles. The van der Waals surface area contributed by atoms with Gasteiger partial charge in [-0.2, -0.15) is 15.0 Å². The van der Waals surface area contributed by atoms with E-state index in [-0.39, 0.29) is 12.4 Å². The van der Waals surface area contributed by atoms with E-state index < -0.39 is 26.6 Å². The summed E-state index contributed by atoms with van der Waals surface area (Å²) >= 11 is 0. The average Bonchev–Trinajstić information content (AvgIpc) is 2.52. The Kier molecular flexibility index (Phi) is 5.48. The number of nitrogens with one attached hydrogen (secondary N) is 1. The fourth-order valence-corrected chi connectivity index (χ4v) is 2.84. The zero-order chi connectivity index (χ0) is 18.8. The summed E-state index contributed by atoms with van der Waals surface area (Å²) in [5.74, 6) is -1.18. The van der Waals surface area contributed by atoms with Crippen molar-refractivity contribution in [2.45, 2.75) is 11.4 Å². The van der Waals surface area contributed by atoms with Gasteiger partial charge in [0.1, 0.15) is 16.5 Å². The number of halogens is 2. The maximum atomic E-state index is 13.7. The maximum absolute atomic E-state index is 13.7. The van der Waals surface area contributed by atoms with Crippen LogP contribution in [-0.4, -0.2) is 51.6 Å². The number of sulfonamides is 1. The number of aromatic nitrogens is 3. The Morgan fingerprint density at radius 2 is 1.56 bits per heavy atom. The lowest BCUT2D eigenvalue weighted by Crippen LogP contribution is -2.27. The van der Waals surface area contributed by atoms with E-state index in [0.29, 0.717) is 18.0 Å². The van der Waals surface area contributed by atoms with Gasteiger partial charge in [0, 0.05) is 34.3 Å². The molecule has 0 spiro atoms. The quantitative estimate of drug-likeness (QED) is 0.800. The van der Waals surface area contributed by atoms with Gasteiger partial charge < -0.3 is 9.80 Å². The second-order valence-corrected chi connectivity index (χ2v) is 7.28. The van der Waals surface area contributed by atoms with Crippen molar-refractivity contribution >= 4 is 21.9 Å². The number of rotatable bonds is 6. The Morgan fingerprint density at radius 1 is 1.00 bits per heavy atom. The van der Waals surface area contributed by atoms with Gasteiger partial charge in [0.05, 0.1) is 6.54 Å². The Morgan fingerprint density at radius 3 is 2.04 bits per heavy atom. The van der Waals surface area contributed by atoms with Crippen LogP contribution in [0.3, 0.4) is 0 Å². The first-order valence-corrected chi connectivity index (χ1v) is 8.63. The highest BCUT2D eigenvalue weighted by molar-refractivity contribution is 7.89. The predicted octanol–water partition coefficient (Wildman–Crippen LogP) is 0.760. The molecule has 136 valence electrons. The Bertz CT molecular complexity index is 847. The van der Waals surface area contributed by atoms with Gasteiger partial charge in [-0.25, -0.2) is 21.9 Å². The number of nitrogens with zero attached hydrogens (tertiary/aromatic N) is 5. The van der Waals surface area contributed by atoms with Crippen molar-refractivity contribution in [1.29, 1.82) is 0 Å². The second-order valence-electron chi connectivity index (χ2n) is 5.54. The first-order valence-electron chi connectivity index (χ1n) is 7.14. The van der Waals surface area contributed by atoms with E-state index in [1.807, 2.05) is 0 Å². The van der Waals surface area contributed by atoms with E-state index in [2.05, 4.69) is 19.7 Å². The molecule has 0 aliphatic rings. The highest BCUT2D eigenvalue weighted by Gasteiger charge is 2.20. The maximum Gasteiger partial charge on any atom is 0.243 e. The lowest BCUT2D eigenvalue weighted by Gasteiger charge is -2.16. The summed E-state index contributed by atoms with van der Waals surface area (Å²) in [7, 11) is 2.74. The minimum atomic E-state index is -4.19. The van der Waals surface area contributed by atoms with Gasteiger partial charge in [0.15, 0.2) is 5.82 Å². The van der Waals surface area contributed by atoms with Crippen molar-refractivity contribution in [3.8, 4) is 0 Å². The second kappa shape index (κ2) is 7.23. The topological polar surface area (TPSA) is 91.3 Å². The third-order valence-corrected chi connectivity index (χ3v) is 4.50. The number of hydrogen-bond donors (Lipinski definition) is 1. The largest absolute Gasteiger partial charge is 0.347 e. The molecule has 1 aromatic carbocycles. The molecule has 8 nitrogen and oxygen atoms in total. The van der Waals surface area contributed by atoms with Gasteiger partial charge in [-0.15, -0.1) is 0 Å². The minimum absolute atomic E-state index is 0.161. The molecule has 0 unspecified atom stereocenters. The van der Waals surface area contributed by atoms with Gasteiger partial charge >= 0.3 is 0 Å². The fourth-order valence-electron chi connectivity index (χ4n) is 1.80. The molecular weight excluding hydrogens is 354 g/mol. The molecule has 0 aliphatic heterocycles. The smallest absolute Gasteiger partial charge is 0.243 e. The zero-order valence-electron chi connectivity index (χ0n) is 14.2. The predicted molar refractivity (Wildman–Crippen MR) is 88.9 cm³/mol. The highest BCUT2D eigenvalue weighted by atomic mass is 32.2. The molecule has 0 amide bonds. The van der Waals surface area contributed by atoms with Gasteiger partial charge in [-0.05, 0) is 12.1 Å². The highest BCUT2D eigenvalue weighted by Crippen LogP contribution is 2.16. The van der Waals surface area contributed by atoms with Crippen molar-refractivity contribution < 1.29 is 17.2 Å². The van der Waals surface area contributed by atoms with Gasteiger partial charge in [-0.3, -0.25) is 0 Å². The first kappa shape index (κ1) is 18.9. The van der Waals surface area contributed by atoms with Crippen LogP contribution in [0.1, 0.15) is 5.82 Å². The normalized spacial score (nSPS) is 11.4. The van der Waals surface area contributed by atoms with Gasteiger partial charge in [-0.1, -0.05) is 0 Å². The van der Waals surface area contributed by atoms with Crippen LogP contribution in [0, 0.1) is 11.6 Å². The lowest BCUT2D eigenvalue weighted by atomic mass is 10.3. The van der Waals surface area contributed by atoms with Crippen molar-refractivity contribution in [2.24, 2.45) is 0 Å². The van der Waals surface area contributed by atoms with Crippen molar-refractivity contribution in [1.82, 2.24) is 19.7 Å². The Hall–Kier alpha value is -2.40. The molecule has 1 aromatic heterocycles. The van der Waals surface area contributed by atoms with E-state index in [1.54, 1.807) is 38.0 Å². The summed E-state index contributed by atoms with van der Waals surface area (Å²) in [6.07, 6.45) is 0. The van der Waals surface area contributed by atoms with E-state index in [9.17, 15) is 17.2 Å². The van der Waals surface area contributed by atoms with Crippen molar-refractivity contribution in [3.05, 3.63) is 35.7 Å². The lowest BCUT2D eigenvalue weighted by molar-refractivity contribution is 0.542. The number of hydrogen-bond acceptors (Lipinski definition) is 7. The summed E-state index contributed by atoms with van der Waals surface area (Å²) in [6, 6.07) is 2.23. The van der Waals surface area contributed by atoms with Gasteiger partial charge in [0.25, 0.3) is 0 Å². The molecule has 0 saturated carbocycles. The minimum Gasteiger partial charge on any atom is -0.347 e. The molecule has 25 heavy (non-hydrogen) atoms. The molecule has 2 aromatic rings. The number of benzene rings is 1. The first-order chi connectivity index (χ1) is 11.6. The number of anilines is 2. The van der Waals surface area contributed by atoms with Crippen LogP contribution in [0.25, 0.3) is 0 Å². The van der Waals surface area contributed by atoms with Crippen LogP contribution < -0.4 is 14.5 Å². The molecule has 0 atom stereocenters. The van der Waals surface area contributed by atoms with Crippen LogP contribution in [-0.2, 0) is 16.6 Å². The molecule has 0 radical (unpaired) electrons.